The zero-order valence-corrected chi connectivity index (χ0v) is 11.2. The molecule has 3 nitrogen and oxygen atoms in total. The minimum absolute atomic E-state index is 0.674. The van der Waals surface area contributed by atoms with E-state index in [1.165, 1.54) is 12.8 Å². The van der Waals surface area contributed by atoms with Crippen LogP contribution in [0.25, 0.3) is 11.3 Å². The molecule has 1 aromatic heterocycles. The maximum absolute atomic E-state index is 5.85. The molecule has 96 valence electrons. The third kappa shape index (κ3) is 3.59. The highest BCUT2D eigenvalue weighted by Gasteiger charge is 2.05. The Bertz CT molecular complexity index is 479. The van der Waals surface area contributed by atoms with Crippen molar-refractivity contribution in [2.24, 2.45) is 0 Å². The first kappa shape index (κ1) is 13.1. The Hall–Kier alpha value is -1.32. The average Bonchev–Trinajstić information content (AvgIpc) is 2.84. The normalized spacial score (nSPS) is 10.8. The minimum atomic E-state index is 0.674. The van der Waals surface area contributed by atoms with E-state index in [0.29, 0.717) is 6.54 Å². The summed E-state index contributed by atoms with van der Waals surface area (Å²) in [4.78, 5) is 4.25. The Morgan fingerprint density at radius 1 is 1.28 bits per heavy atom. The number of nitrogens with zero attached hydrogens (tertiary/aromatic N) is 1. The van der Waals surface area contributed by atoms with Crippen LogP contribution in [-0.4, -0.2) is 11.5 Å². The minimum Gasteiger partial charge on any atom is -0.439 e. The van der Waals surface area contributed by atoms with Gasteiger partial charge in [0.05, 0.1) is 12.7 Å². The molecule has 0 spiro atoms. The molecule has 0 bridgehead atoms. The van der Waals surface area contributed by atoms with Gasteiger partial charge in [0.25, 0.3) is 0 Å². The van der Waals surface area contributed by atoms with Crippen molar-refractivity contribution in [1.82, 2.24) is 10.3 Å². The van der Waals surface area contributed by atoms with E-state index in [9.17, 15) is 0 Å². The molecule has 4 heteroatoms. The predicted octanol–water partition coefficient (Wildman–Crippen LogP) is 3.88. The van der Waals surface area contributed by atoms with E-state index in [1.54, 1.807) is 6.20 Å². The van der Waals surface area contributed by atoms with E-state index in [0.717, 1.165) is 28.8 Å². The molecule has 0 aliphatic heterocycles. The molecule has 1 heterocycles. The zero-order chi connectivity index (χ0) is 12.8. The summed E-state index contributed by atoms with van der Waals surface area (Å²) in [6.45, 7) is 3.84. The summed E-state index contributed by atoms with van der Waals surface area (Å²) < 4.78 is 5.67. The highest BCUT2D eigenvalue weighted by Crippen LogP contribution is 2.22. The lowest BCUT2D eigenvalue weighted by molar-refractivity contribution is 0.475. The Morgan fingerprint density at radius 3 is 2.78 bits per heavy atom. The van der Waals surface area contributed by atoms with Crippen LogP contribution in [-0.2, 0) is 6.54 Å². The molecule has 0 fully saturated rings. The molecule has 0 aliphatic carbocycles. The van der Waals surface area contributed by atoms with Gasteiger partial charge in [-0.1, -0.05) is 24.9 Å². The van der Waals surface area contributed by atoms with Gasteiger partial charge in [-0.2, -0.15) is 0 Å². The SMILES string of the molecule is CCCCNCc1ncc(-c2ccc(Cl)cc2)o1. The van der Waals surface area contributed by atoms with E-state index in [-0.39, 0.29) is 0 Å². The third-order valence-electron chi connectivity index (χ3n) is 2.67. The number of hydrogen-bond donors (Lipinski definition) is 1. The molecule has 0 atom stereocenters. The smallest absolute Gasteiger partial charge is 0.208 e. The topological polar surface area (TPSA) is 38.1 Å². The molecule has 2 aromatic rings. The monoisotopic (exact) mass is 264 g/mol. The first-order valence-electron chi connectivity index (χ1n) is 6.21. The van der Waals surface area contributed by atoms with Gasteiger partial charge in [0.15, 0.2) is 5.76 Å². The summed E-state index contributed by atoms with van der Waals surface area (Å²) in [5.74, 6) is 1.50. The molecule has 18 heavy (non-hydrogen) atoms. The van der Waals surface area contributed by atoms with Crippen molar-refractivity contribution in [3.63, 3.8) is 0 Å². The largest absolute Gasteiger partial charge is 0.439 e. The van der Waals surface area contributed by atoms with Crippen LogP contribution >= 0.6 is 11.6 Å². The summed E-state index contributed by atoms with van der Waals surface area (Å²) >= 11 is 5.85. The molecular weight excluding hydrogens is 248 g/mol. The fourth-order valence-electron chi connectivity index (χ4n) is 1.64. The van der Waals surface area contributed by atoms with Gasteiger partial charge in [-0.15, -0.1) is 0 Å². The van der Waals surface area contributed by atoms with Gasteiger partial charge in [-0.25, -0.2) is 4.98 Å². The van der Waals surface area contributed by atoms with E-state index in [1.807, 2.05) is 24.3 Å². The first-order chi connectivity index (χ1) is 8.79. The van der Waals surface area contributed by atoms with Gasteiger partial charge >= 0.3 is 0 Å². The molecule has 0 unspecified atom stereocenters. The zero-order valence-electron chi connectivity index (χ0n) is 10.4. The van der Waals surface area contributed by atoms with Crippen molar-refractivity contribution >= 4 is 11.6 Å². The van der Waals surface area contributed by atoms with E-state index >= 15 is 0 Å². The lowest BCUT2D eigenvalue weighted by Crippen LogP contribution is -2.14. The lowest BCUT2D eigenvalue weighted by atomic mass is 10.2. The molecule has 0 saturated carbocycles. The summed E-state index contributed by atoms with van der Waals surface area (Å²) in [5.41, 5.74) is 0.992. The fraction of sp³-hybridized carbons (Fsp3) is 0.357. The highest BCUT2D eigenvalue weighted by molar-refractivity contribution is 6.30. The predicted molar refractivity (Wildman–Crippen MR) is 73.6 cm³/mol. The van der Waals surface area contributed by atoms with Crippen LogP contribution < -0.4 is 5.32 Å². The molecule has 1 aromatic carbocycles. The van der Waals surface area contributed by atoms with E-state index in [4.69, 9.17) is 16.0 Å². The van der Waals surface area contributed by atoms with Crippen LogP contribution in [0.1, 0.15) is 25.7 Å². The van der Waals surface area contributed by atoms with Gasteiger partial charge in [-0.3, -0.25) is 0 Å². The van der Waals surface area contributed by atoms with Gasteiger partial charge < -0.3 is 9.73 Å². The third-order valence-corrected chi connectivity index (χ3v) is 2.92. The fourth-order valence-corrected chi connectivity index (χ4v) is 1.76. The van der Waals surface area contributed by atoms with Crippen molar-refractivity contribution < 1.29 is 4.42 Å². The second-order valence-electron chi connectivity index (χ2n) is 4.16. The number of halogens is 1. The number of unbranched alkanes of at least 4 members (excludes halogenated alkanes) is 1. The molecule has 1 N–H and O–H groups in total. The van der Waals surface area contributed by atoms with Crippen LogP contribution in [0.2, 0.25) is 5.02 Å². The number of benzene rings is 1. The summed E-state index contributed by atoms with van der Waals surface area (Å²) in [5, 5.41) is 4.02. The van der Waals surface area contributed by atoms with Crippen molar-refractivity contribution in [1.29, 1.82) is 0 Å². The van der Waals surface area contributed by atoms with Crippen LogP contribution in [0.15, 0.2) is 34.9 Å². The molecule has 0 amide bonds. The van der Waals surface area contributed by atoms with E-state index in [2.05, 4.69) is 17.2 Å². The van der Waals surface area contributed by atoms with Gasteiger partial charge in [0, 0.05) is 10.6 Å². The van der Waals surface area contributed by atoms with Crippen LogP contribution in [0, 0.1) is 0 Å². The van der Waals surface area contributed by atoms with Crippen LogP contribution in [0.3, 0.4) is 0 Å². The molecule has 2 rings (SSSR count). The van der Waals surface area contributed by atoms with Gasteiger partial charge in [-0.05, 0) is 37.2 Å². The summed E-state index contributed by atoms with van der Waals surface area (Å²) in [6.07, 6.45) is 4.11. The number of nitrogens with one attached hydrogen (secondary N) is 1. The van der Waals surface area contributed by atoms with Gasteiger partial charge in [0.1, 0.15) is 0 Å². The standard InChI is InChI=1S/C14H17ClN2O/c1-2-3-8-16-10-14-17-9-13(18-14)11-4-6-12(15)7-5-11/h4-7,9,16H,2-3,8,10H2,1H3. The van der Waals surface area contributed by atoms with Crippen molar-refractivity contribution in [2.45, 2.75) is 26.3 Å². The summed E-state index contributed by atoms with van der Waals surface area (Å²) in [7, 11) is 0. The van der Waals surface area contributed by atoms with Gasteiger partial charge in [0.2, 0.25) is 5.89 Å². The first-order valence-corrected chi connectivity index (χ1v) is 6.58. The van der Waals surface area contributed by atoms with Crippen LogP contribution in [0.4, 0.5) is 0 Å². The Balaban J connectivity index is 1.95. The number of oxazole rings is 1. The molecular formula is C14H17ClN2O. The van der Waals surface area contributed by atoms with Crippen molar-refractivity contribution in [2.75, 3.05) is 6.54 Å². The maximum Gasteiger partial charge on any atom is 0.208 e. The van der Waals surface area contributed by atoms with E-state index < -0.39 is 0 Å². The molecule has 0 radical (unpaired) electrons. The highest BCUT2D eigenvalue weighted by atomic mass is 35.5. The Labute approximate surface area is 112 Å². The molecule has 0 aliphatic rings. The molecule has 0 saturated heterocycles. The number of rotatable bonds is 6. The Morgan fingerprint density at radius 2 is 2.06 bits per heavy atom. The average molecular weight is 265 g/mol. The maximum atomic E-state index is 5.85. The summed E-state index contributed by atoms with van der Waals surface area (Å²) in [6, 6.07) is 7.55. The quantitative estimate of drug-likeness (QED) is 0.805. The van der Waals surface area contributed by atoms with Crippen LogP contribution in [0.5, 0.6) is 0 Å². The van der Waals surface area contributed by atoms with Crippen molar-refractivity contribution in [3.8, 4) is 11.3 Å². The Kier molecular flexibility index (Phi) is 4.79. The van der Waals surface area contributed by atoms with Crippen molar-refractivity contribution in [3.05, 3.63) is 41.4 Å². The second-order valence-corrected chi connectivity index (χ2v) is 4.59. The number of hydrogen-bond acceptors (Lipinski definition) is 3. The lowest BCUT2D eigenvalue weighted by Gasteiger charge is -1.99. The number of aromatic nitrogens is 1. The second kappa shape index (κ2) is 6.57.